The molecule has 6 heteroatoms. The van der Waals surface area contributed by atoms with Gasteiger partial charge in [0.25, 0.3) is 0 Å². The van der Waals surface area contributed by atoms with Gasteiger partial charge < -0.3 is 15.0 Å². The van der Waals surface area contributed by atoms with Crippen LogP contribution in [0.3, 0.4) is 0 Å². The van der Waals surface area contributed by atoms with E-state index in [1.54, 1.807) is 11.8 Å². The third kappa shape index (κ3) is 6.20. The summed E-state index contributed by atoms with van der Waals surface area (Å²) >= 11 is 0. The average Bonchev–Trinajstić information content (AvgIpc) is 2.60. The third-order valence-electron chi connectivity index (χ3n) is 4.07. The molecule has 2 rings (SSSR count). The van der Waals surface area contributed by atoms with Gasteiger partial charge in [-0.05, 0) is 25.3 Å². The van der Waals surface area contributed by atoms with Crippen molar-refractivity contribution in [3.05, 3.63) is 35.9 Å². The van der Waals surface area contributed by atoms with Crippen LogP contribution in [0.5, 0.6) is 0 Å². The Morgan fingerprint density at radius 1 is 1.12 bits per heavy atom. The number of carbonyl (C=O) groups excluding carboxylic acids is 2. The average molecular weight is 333 g/mol. The summed E-state index contributed by atoms with van der Waals surface area (Å²) in [5.74, 6) is 0.0487. The number of hydrogen-bond acceptors (Lipinski definition) is 4. The van der Waals surface area contributed by atoms with Gasteiger partial charge in [-0.1, -0.05) is 30.3 Å². The maximum Gasteiger partial charge on any atom is 0.409 e. The van der Waals surface area contributed by atoms with Crippen LogP contribution in [-0.4, -0.2) is 67.7 Å². The molecule has 1 aliphatic rings. The smallest absolute Gasteiger partial charge is 0.409 e. The lowest BCUT2D eigenvalue weighted by atomic mass is 10.1. The first kappa shape index (κ1) is 18.3. The molecule has 0 radical (unpaired) electrons. The molecule has 1 fully saturated rings. The maximum atomic E-state index is 12.0. The molecule has 0 atom stereocenters. The van der Waals surface area contributed by atoms with Crippen LogP contribution in [0.2, 0.25) is 0 Å². The van der Waals surface area contributed by atoms with E-state index in [0.29, 0.717) is 45.9 Å². The number of amides is 2. The van der Waals surface area contributed by atoms with E-state index in [-0.39, 0.29) is 12.0 Å². The summed E-state index contributed by atoms with van der Waals surface area (Å²) in [4.78, 5) is 27.4. The van der Waals surface area contributed by atoms with E-state index in [1.807, 2.05) is 18.2 Å². The first-order valence-electron chi connectivity index (χ1n) is 8.63. The van der Waals surface area contributed by atoms with Gasteiger partial charge in [0.15, 0.2) is 0 Å². The minimum atomic E-state index is -0.262. The Bertz CT molecular complexity index is 514. The van der Waals surface area contributed by atoms with Gasteiger partial charge in [0.1, 0.15) is 0 Å². The molecule has 0 spiro atoms. The number of nitrogens with zero attached hydrogens (tertiary/aromatic N) is 2. The fraction of sp³-hybridized carbons (Fsp3) is 0.556. The van der Waals surface area contributed by atoms with Crippen molar-refractivity contribution >= 4 is 12.0 Å². The predicted molar refractivity (Wildman–Crippen MR) is 92.8 cm³/mol. The SMILES string of the molecule is CCOC(=O)N1CCN(CC(=O)NCCCc2ccccc2)CC1. The summed E-state index contributed by atoms with van der Waals surface area (Å²) in [6.07, 6.45) is 1.65. The molecule has 24 heavy (non-hydrogen) atoms. The molecule has 2 amide bonds. The maximum absolute atomic E-state index is 12.0. The van der Waals surface area contributed by atoms with E-state index in [0.717, 1.165) is 12.8 Å². The molecule has 132 valence electrons. The largest absolute Gasteiger partial charge is 0.450 e. The minimum Gasteiger partial charge on any atom is -0.450 e. The highest BCUT2D eigenvalue weighted by Gasteiger charge is 2.22. The van der Waals surface area contributed by atoms with Gasteiger partial charge in [-0.15, -0.1) is 0 Å². The molecule has 1 aromatic rings. The Morgan fingerprint density at radius 2 is 1.83 bits per heavy atom. The second kappa shape index (κ2) is 9.93. The Kier molecular flexibility index (Phi) is 7.55. The molecule has 1 aromatic carbocycles. The second-order valence-corrected chi connectivity index (χ2v) is 5.90. The number of ether oxygens (including phenoxy) is 1. The van der Waals surface area contributed by atoms with Crippen LogP contribution in [0.25, 0.3) is 0 Å². The summed E-state index contributed by atoms with van der Waals surface area (Å²) in [6.45, 7) is 5.91. The lowest BCUT2D eigenvalue weighted by Gasteiger charge is -2.33. The summed E-state index contributed by atoms with van der Waals surface area (Å²) in [7, 11) is 0. The highest BCUT2D eigenvalue weighted by Crippen LogP contribution is 2.04. The summed E-state index contributed by atoms with van der Waals surface area (Å²) in [5.41, 5.74) is 1.29. The van der Waals surface area contributed by atoms with Gasteiger partial charge in [-0.2, -0.15) is 0 Å². The van der Waals surface area contributed by atoms with Crippen LogP contribution in [0, 0.1) is 0 Å². The molecular formula is C18H27N3O3. The molecule has 0 aromatic heterocycles. The van der Waals surface area contributed by atoms with Crippen molar-refractivity contribution in [2.75, 3.05) is 45.9 Å². The number of aryl methyl sites for hydroxylation is 1. The van der Waals surface area contributed by atoms with Crippen molar-refractivity contribution in [3.8, 4) is 0 Å². The van der Waals surface area contributed by atoms with E-state index in [4.69, 9.17) is 4.74 Å². The van der Waals surface area contributed by atoms with Crippen molar-refractivity contribution in [1.82, 2.24) is 15.1 Å². The summed E-state index contributed by atoms with van der Waals surface area (Å²) in [5, 5.41) is 2.97. The number of benzene rings is 1. The van der Waals surface area contributed by atoms with Crippen LogP contribution in [0.4, 0.5) is 4.79 Å². The lowest BCUT2D eigenvalue weighted by molar-refractivity contribution is -0.122. The normalized spacial score (nSPS) is 15.1. The molecular weight excluding hydrogens is 306 g/mol. The third-order valence-corrected chi connectivity index (χ3v) is 4.07. The Hall–Kier alpha value is -2.08. The topological polar surface area (TPSA) is 61.9 Å². The molecule has 1 N–H and O–H groups in total. The van der Waals surface area contributed by atoms with Crippen molar-refractivity contribution < 1.29 is 14.3 Å². The fourth-order valence-corrected chi connectivity index (χ4v) is 2.73. The summed E-state index contributed by atoms with van der Waals surface area (Å²) < 4.78 is 4.99. The van der Waals surface area contributed by atoms with Gasteiger partial charge in [-0.25, -0.2) is 4.79 Å². The predicted octanol–water partition coefficient (Wildman–Crippen LogP) is 1.51. The standard InChI is InChI=1S/C18H27N3O3/c1-2-24-18(23)21-13-11-20(12-14-21)15-17(22)19-10-6-9-16-7-4-3-5-8-16/h3-5,7-8H,2,6,9-15H2,1H3,(H,19,22). The molecule has 0 saturated carbocycles. The first-order chi connectivity index (χ1) is 11.7. The van der Waals surface area contributed by atoms with E-state index in [1.165, 1.54) is 5.56 Å². The number of rotatable bonds is 7. The van der Waals surface area contributed by atoms with Gasteiger partial charge >= 0.3 is 6.09 Å². The molecule has 6 nitrogen and oxygen atoms in total. The van der Waals surface area contributed by atoms with Gasteiger partial charge in [0.2, 0.25) is 5.91 Å². The Labute approximate surface area is 143 Å². The Balaban J connectivity index is 1.57. The van der Waals surface area contributed by atoms with E-state index in [9.17, 15) is 9.59 Å². The zero-order valence-electron chi connectivity index (χ0n) is 14.4. The van der Waals surface area contributed by atoms with E-state index >= 15 is 0 Å². The fourth-order valence-electron chi connectivity index (χ4n) is 2.73. The van der Waals surface area contributed by atoms with Crippen LogP contribution in [0.15, 0.2) is 30.3 Å². The van der Waals surface area contributed by atoms with Gasteiger partial charge in [0.05, 0.1) is 13.2 Å². The summed E-state index contributed by atoms with van der Waals surface area (Å²) in [6, 6.07) is 10.3. The number of piperazine rings is 1. The monoisotopic (exact) mass is 333 g/mol. The van der Waals surface area contributed by atoms with Gasteiger partial charge in [0, 0.05) is 32.7 Å². The van der Waals surface area contributed by atoms with Crippen molar-refractivity contribution in [2.24, 2.45) is 0 Å². The van der Waals surface area contributed by atoms with Crippen molar-refractivity contribution in [1.29, 1.82) is 0 Å². The second-order valence-electron chi connectivity index (χ2n) is 5.90. The zero-order valence-corrected chi connectivity index (χ0v) is 14.4. The minimum absolute atomic E-state index is 0.0487. The molecule has 0 unspecified atom stereocenters. The van der Waals surface area contributed by atoms with E-state index in [2.05, 4.69) is 22.3 Å². The zero-order chi connectivity index (χ0) is 17.2. The van der Waals surface area contributed by atoms with Crippen molar-refractivity contribution in [3.63, 3.8) is 0 Å². The highest BCUT2D eigenvalue weighted by molar-refractivity contribution is 5.78. The van der Waals surface area contributed by atoms with Crippen LogP contribution in [0.1, 0.15) is 18.9 Å². The molecule has 0 aliphatic carbocycles. The Morgan fingerprint density at radius 3 is 2.50 bits per heavy atom. The molecule has 1 aliphatic heterocycles. The van der Waals surface area contributed by atoms with Crippen LogP contribution >= 0.6 is 0 Å². The van der Waals surface area contributed by atoms with Gasteiger partial charge in [-0.3, -0.25) is 9.69 Å². The first-order valence-corrected chi connectivity index (χ1v) is 8.63. The number of carbonyl (C=O) groups is 2. The van der Waals surface area contributed by atoms with Crippen molar-refractivity contribution in [2.45, 2.75) is 19.8 Å². The quantitative estimate of drug-likeness (QED) is 0.769. The highest BCUT2D eigenvalue weighted by atomic mass is 16.6. The molecule has 0 bridgehead atoms. The molecule has 1 heterocycles. The number of hydrogen-bond donors (Lipinski definition) is 1. The lowest BCUT2D eigenvalue weighted by Crippen LogP contribution is -2.51. The van der Waals surface area contributed by atoms with Crippen LogP contribution in [-0.2, 0) is 16.0 Å². The molecule has 1 saturated heterocycles. The number of nitrogens with one attached hydrogen (secondary N) is 1. The van der Waals surface area contributed by atoms with Crippen LogP contribution < -0.4 is 5.32 Å². The van der Waals surface area contributed by atoms with E-state index < -0.39 is 0 Å².